The first-order valence-corrected chi connectivity index (χ1v) is 14.3. The number of nitrogens with zero attached hydrogens (tertiary/aromatic N) is 2. The van der Waals surface area contributed by atoms with Gasteiger partial charge in [0.1, 0.15) is 17.8 Å². The topological polar surface area (TPSA) is 103 Å². The fourth-order valence-corrected chi connectivity index (χ4v) is 6.44. The summed E-state index contributed by atoms with van der Waals surface area (Å²) in [6.45, 7) is 14.7. The van der Waals surface area contributed by atoms with Crippen LogP contribution in [0.3, 0.4) is 0 Å². The fraction of sp³-hybridized carbons (Fsp3) is 0.724. The minimum absolute atomic E-state index is 0.0217. The second-order valence-corrected chi connectivity index (χ2v) is 11.1. The van der Waals surface area contributed by atoms with Crippen molar-refractivity contribution >= 4 is 23.4 Å². The van der Waals surface area contributed by atoms with Gasteiger partial charge in [0.2, 0.25) is 11.8 Å². The number of carbonyl (C=O) groups is 3. The van der Waals surface area contributed by atoms with Crippen LogP contribution in [-0.2, 0) is 14.4 Å². The molecule has 3 N–H and O–H groups in total. The molecule has 1 heterocycles. The van der Waals surface area contributed by atoms with Gasteiger partial charge in [0, 0.05) is 25.0 Å². The second-order valence-electron chi connectivity index (χ2n) is 11.1. The molecule has 206 valence electrons. The van der Waals surface area contributed by atoms with Gasteiger partial charge in [-0.15, -0.1) is 0 Å². The van der Waals surface area contributed by atoms with Gasteiger partial charge < -0.3 is 20.9 Å². The van der Waals surface area contributed by atoms with Crippen LogP contribution >= 0.6 is 0 Å². The van der Waals surface area contributed by atoms with E-state index in [-0.39, 0.29) is 35.6 Å². The number of hydrogen-bond acceptors (Lipinski definition) is 5. The van der Waals surface area contributed by atoms with Gasteiger partial charge >= 0.3 is 0 Å². The highest BCUT2D eigenvalue weighted by Crippen LogP contribution is 2.42. The van der Waals surface area contributed by atoms with Crippen LogP contribution in [0.5, 0.6) is 0 Å². The molecule has 0 radical (unpaired) electrons. The van der Waals surface area contributed by atoms with Crippen molar-refractivity contribution in [2.24, 2.45) is 22.7 Å². The predicted molar refractivity (Wildman–Crippen MR) is 148 cm³/mol. The van der Waals surface area contributed by atoms with Crippen molar-refractivity contribution in [2.75, 3.05) is 13.1 Å². The smallest absolute Gasteiger partial charge is 0.265 e. The number of carbonyl (C=O) groups excluding carboxylic acids is 3. The average molecular weight is 514 g/mol. The molecule has 3 amide bonds. The highest BCUT2D eigenvalue weighted by molar-refractivity contribution is 6.38. The van der Waals surface area contributed by atoms with Crippen LogP contribution in [0.4, 0.5) is 0 Å². The van der Waals surface area contributed by atoms with Gasteiger partial charge in [0.05, 0.1) is 6.04 Å². The molecule has 2 aliphatic carbocycles. The Balaban J connectivity index is 1.70. The number of amides is 3. The lowest BCUT2D eigenvalue weighted by molar-refractivity contribution is -0.140. The number of unbranched alkanes of at least 4 members (excludes halogenated alkanes) is 1. The molecule has 3 fully saturated rings. The molecule has 5 atom stereocenters. The molecular formula is C29H47N5O3. The standard InChI is InChI=1S/C29H47N5O3/c1-6-8-17-31-28(36)26-24-16-12-15-23(24)18-34(26)29(37)21(5)32-19(3)25(22-13-10-9-11-14-22)33-27(35)20(4)30-7-2/h7,21-26,32H,2-3,6,8-18H2,1,4-5H3,(H,31,36)(H,33,35)/t21-,23-,24-,25+,26-/m0/s1. The summed E-state index contributed by atoms with van der Waals surface area (Å²) in [5.74, 6) is 0.522. The molecule has 0 aromatic heterocycles. The first-order chi connectivity index (χ1) is 17.8. The molecule has 0 aromatic rings. The van der Waals surface area contributed by atoms with Crippen molar-refractivity contribution in [3.8, 4) is 0 Å². The summed E-state index contributed by atoms with van der Waals surface area (Å²) in [6, 6.07) is -1.26. The molecule has 1 aliphatic heterocycles. The van der Waals surface area contributed by atoms with E-state index in [4.69, 9.17) is 0 Å². The Morgan fingerprint density at radius 1 is 1.08 bits per heavy atom. The lowest BCUT2D eigenvalue weighted by Gasteiger charge is -2.35. The molecule has 3 aliphatic rings. The average Bonchev–Trinajstić information content (AvgIpc) is 3.48. The van der Waals surface area contributed by atoms with Crippen molar-refractivity contribution in [1.82, 2.24) is 20.9 Å². The zero-order valence-electron chi connectivity index (χ0n) is 23.1. The summed E-state index contributed by atoms with van der Waals surface area (Å²) < 4.78 is 0. The van der Waals surface area contributed by atoms with Gasteiger partial charge in [-0.25, -0.2) is 0 Å². The Hall–Kier alpha value is -2.64. The van der Waals surface area contributed by atoms with Gasteiger partial charge in [-0.05, 0) is 63.7 Å². The lowest BCUT2D eigenvalue weighted by atomic mass is 9.82. The van der Waals surface area contributed by atoms with E-state index >= 15 is 0 Å². The fourth-order valence-electron chi connectivity index (χ4n) is 6.44. The maximum absolute atomic E-state index is 13.7. The second kappa shape index (κ2) is 13.8. The number of hydrogen-bond donors (Lipinski definition) is 3. The molecule has 8 heteroatoms. The molecule has 0 spiro atoms. The van der Waals surface area contributed by atoms with E-state index in [0.29, 0.717) is 30.4 Å². The summed E-state index contributed by atoms with van der Waals surface area (Å²) in [7, 11) is 0. The Labute approximate surface area is 222 Å². The van der Waals surface area contributed by atoms with Crippen molar-refractivity contribution in [1.29, 1.82) is 0 Å². The number of fused-ring (bicyclic) bond motifs is 1. The quantitative estimate of drug-likeness (QED) is 0.274. The van der Waals surface area contributed by atoms with Crippen molar-refractivity contribution < 1.29 is 14.4 Å². The molecule has 0 bridgehead atoms. The van der Waals surface area contributed by atoms with E-state index in [1.165, 1.54) is 12.6 Å². The Morgan fingerprint density at radius 3 is 2.49 bits per heavy atom. The number of nitrogens with one attached hydrogen (secondary N) is 3. The van der Waals surface area contributed by atoms with E-state index in [1.807, 2.05) is 6.92 Å². The molecular weight excluding hydrogens is 466 g/mol. The molecule has 1 saturated heterocycles. The highest BCUT2D eigenvalue weighted by Gasteiger charge is 2.50. The zero-order valence-corrected chi connectivity index (χ0v) is 23.1. The van der Waals surface area contributed by atoms with Crippen LogP contribution < -0.4 is 16.0 Å². The first kappa shape index (κ1) is 28.9. The molecule has 8 nitrogen and oxygen atoms in total. The van der Waals surface area contributed by atoms with Crippen molar-refractivity contribution in [2.45, 2.75) is 103 Å². The Kier molecular flexibility index (Phi) is 10.8. The molecule has 0 unspecified atom stereocenters. The van der Waals surface area contributed by atoms with E-state index < -0.39 is 12.1 Å². The molecule has 37 heavy (non-hydrogen) atoms. The van der Waals surface area contributed by atoms with Gasteiger partial charge in [0.15, 0.2) is 0 Å². The van der Waals surface area contributed by atoms with Crippen LogP contribution in [-0.4, -0.2) is 59.5 Å². The van der Waals surface area contributed by atoms with E-state index in [0.717, 1.165) is 57.8 Å². The third-order valence-electron chi connectivity index (χ3n) is 8.44. The SMILES string of the molecule is C=CN=C(C)C(=O)N[C@H](C(=C)N[C@@H](C)C(=O)N1C[C@@H]2CCC[C@@H]2[C@H]1C(=O)NCCCC)C1CCCCC1. The van der Waals surface area contributed by atoms with Crippen LogP contribution in [0, 0.1) is 17.8 Å². The zero-order chi connectivity index (χ0) is 26.9. The van der Waals surface area contributed by atoms with E-state index in [2.05, 4.69) is 41.0 Å². The molecule has 0 aromatic carbocycles. The lowest BCUT2D eigenvalue weighted by Crippen LogP contribution is -2.55. The Morgan fingerprint density at radius 2 is 1.81 bits per heavy atom. The van der Waals surface area contributed by atoms with Crippen LogP contribution in [0.2, 0.25) is 0 Å². The van der Waals surface area contributed by atoms with Gasteiger partial charge in [-0.2, -0.15) is 0 Å². The van der Waals surface area contributed by atoms with Gasteiger partial charge in [-0.3, -0.25) is 19.4 Å². The van der Waals surface area contributed by atoms with Crippen molar-refractivity contribution in [3.05, 3.63) is 25.1 Å². The third kappa shape index (κ3) is 7.23. The van der Waals surface area contributed by atoms with Crippen LogP contribution in [0.15, 0.2) is 30.0 Å². The minimum Gasteiger partial charge on any atom is -0.376 e. The molecule has 3 rings (SSSR count). The maximum Gasteiger partial charge on any atom is 0.265 e. The van der Waals surface area contributed by atoms with Crippen LogP contribution in [0.25, 0.3) is 0 Å². The van der Waals surface area contributed by atoms with Crippen LogP contribution in [0.1, 0.15) is 85.0 Å². The Bertz CT molecular complexity index is 879. The summed E-state index contributed by atoms with van der Waals surface area (Å²) in [6.07, 6.45) is 11.9. The number of aliphatic imine (C=N–C) groups is 1. The summed E-state index contributed by atoms with van der Waals surface area (Å²) in [4.78, 5) is 45.5. The normalized spacial score (nSPS) is 25.6. The number of rotatable bonds is 12. The highest BCUT2D eigenvalue weighted by atomic mass is 16.2. The summed E-state index contributed by atoms with van der Waals surface area (Å²) in [5.41, 5.74) is 0.976. The minimum atomic E-state index is -0.553. The third-order valence-corrected chi connectivity index (χ3v) is 8.44. The van der Waals surface area contributed by atoms with E-state index in [9.17, 15) is 14.4 Å². The first-order valence-electron chi connectivity index (χ1n) is 14.3. The largest absolute Gasteiger partial charge is 0.376 e. The van der Waals surface area contributed by atoms with E-state index in [1.54, 1.807) is 11.8 Å². The summed E-state index contributed by atoms with van der Waals surface area (Å²) in [5, 5.41) is 9.49. The maximum atomic E-state index is 13.7. The molecule has 2 saturated carbocycles. The predicted octanol–water partition coefficient (Wildman–Crippen LogP) is 3.69. The monoisotopic (exact) mass is 513 g/mol. The van der Waals surface area contributed by atoms with Gasteiger partial charge in [-0.1, -0.05) is 52.2 Å². The van der Waals surface area contributed by atoms with Gasteiger partial charge in [0.25, 0.3) is 5.91 Å². The van der Waals surface area contributed by atoms with Crippen molar-refractivity contribution in [3.63, 3.8) is 0 Å². The number of likely N-dealkylation sites (tertiary alicyclic amines) is 1. The summed E-state index contributed by atoms with van der Waals surface area (Å²) >= 11 is 0.